The van der Waals surface area contributed by atoms with Crippen LogP contribution in [-0.2, 0) is 0 Å². The Morgan fingerprint density at radius 2 is 2.06 bits per heavy atom. The average Bonchev–Trinajstić information content (AvgIpc) is 2.61. The predicted octanol–water partition coefficient (Wildman–Crippen LogP) is 3.27. The SMILES string of the molecule is Cc1ccccc1C(=O)Oc1onc(C)c1Br. The van der Waals surface area contributed by atoms with E-state index in [0.717, 1.165) is 5.56 Å². The number of carbonyl (C=O) groups excluding carboxylic acids is 1. The van der Waals surface area contributed by atoms with Gasteiger partial charge in [0, 0.05) is 0 Å². The molecule has 1 aromatic carbocycles. The molecule has 0 spiro atoms. The highest BCUT2D eigenvalue weighted by Crippen LogP contribution is 2.28. The highest BCUT2D eigenvalue weighted by atomic mass is 79.9. The van der Waals surface area contributed by atoms with Crippen molar-refractivity contribution < 1.29 is 14.1 Å². The molecule has 0 N–H and O–H groups in total. The molecule has 17 heavy (non-hydrogen) atoms. The van der Waals surface area contributed by atoms with Crippen LogP contribution >= 0.6 is 15.9 Å². The van der Waals surface area contributed by atoms with E-state index in [1.807, 2.05) is 19.1 Å². The number of ether oxygens (including phenoxy) is 1. The standard InChI is InChI=1S/C12H10BrNO3/c1-7-5-3-4-6-9(7)11(15)16-12-10(13)8(2)14-17-12/h3-6H,1-2H3. The number of halogens is 1. The Balaban J connectivity index is 2.23. The fourth-order valence-corrected chi connectivity index (χ4v) is 1.57. The monoisotopic (exact) mass is 295 g/mol. The number of carbonyl (C=O) groups is 1. The van der Waals surface area contributed by atoms with Crippen LogP contribution in [0, 0.1) is 13.8 Å². The molecule has 0 unspecified atom stereocenters. The minimum absolute atomic E-state index is 0.0794. The summed E-state index contributed by atoms with van der Waals surface area (Å²) in [6.45, 7) is 3.59. The maximum absolute atomic E-state index is 11.9. The predicted molar refractivity (Wildman–Crippen MR) is 65.1 cm³/mol. The fourth-order valence-electron chi connectivity index (χ4n) is 1.34. The van der Waals surface area contributed by atoms with E-state index < -0.39 is 5.97 Å². The van der Waals surface area contributed by atoms with Crippen molar-refractivity contribution in [3.63, 3.8) is 0 Å². The van der Waals surface area contributed by atoms with E-state index in [-0.39, 0.29) is 5.95 Å². The van der Waals surface area contributed by atoms with Gasteiger partial charge in [0.2, 0.25) is 0 Å². The lowest BCUT2D eigenvalue weighted by Crippen LogP contribution is -2.09. The van der Waals surface area contributed by atoms with Gasteiger partial charge in [0.15, 0.2) is 0 Å². The molecule has 0 saturated heterocycles. The highest BCUT2D eigenvalue weighted by molar-refractivity contribution is 9.10. The first kappa shape index (κ1) is 11.9. The molecule has 5 heteroatoms. The summed E-state index contributed by atoms with van der Waals surface area (Å²) in [4.78, 5) is 11.9. The van der Waals surface area contributed by atoms with Gasteiger partial charge in [-0.3, -0.25) is 0 Å². The molecule has 0 amide bonds. The third-order valence-electron chi connectivity index (χ3n) is 2.31. The Morgan fingerprint density at radius 3 is 2.65 bits per heavy atom. The number of hydrogen-bond acceptors (Lipinski definition) is 4. The van der Waals surface area contributed by atoms with Gasteiger partial charge in [-0.2, -0.15) is 0 Å². The minimum atomic E-state index is -0.458. The van der Waals surface area contributed by atoms with Crippen molar-refractivity contribution in [2.45, 2.75) is 13.8 Å². The summed E-state index contributed by atoms with van der Waals surface area (Å²) in [5, 5.41) is 3.69. The number of benzene rings is 1. The van der Waals surface area contributed by atoms with Crippen LogP contribution in [0.15, 0.2) is 33.3 Å². The van der Waals surface area contributed by atoms with E-state index >= 15 is 0 Å². The second kappa shape index (κ2) is 4.71. The zero-order valence-corrected chi connectivity index (χ0v) is 10.9. The van der Waals surface area contributed by atoms with E-state index in [2.05, 4.69) is 21.1 Å². The number of rotatable bonds is 2. The Kier molecular flexibility index (Phi) is 3.28. The van der Waals surface area contributed by atoms with Gasteiger partial charge in [-0.25, -0.2) is 4.79 Å². The normalized spacial score (nSPS) is 10.3. The van der Waals surface area contributed by atoms with E-state index in [9.17, 15) is 4.79 Å². The number of aryl methyl sites for hydroxylation is 2. The summed E-state index contributed by atoms with van der Waals surface area (Å²) >= 11 is 3.24. The second-order valence-corrected chi connectivity index (χ2v) is 4.37. The van der Waals surface area contributed by atoms with Crippen molar-refractivity contribution in [2.75, 3.05) is 0 Å². The first-order valence-electron chi connectivity index (χ1n) is 4.99. The summed E-state index contributed by atoms with van der Waals surface area (Å²) in [5.41, 5.74) is 2.00. The van der Waals surface area contributed by atoms with Gasteiger partial charge in [0.1, 0.15) is 4.47 Å². The molecule has 0 aliphatic rings. The first-order valence-corrected chi connectivity index (χ1v) is 5.78. The number of esters is 1. The lowest BCUT2D eigenvalue weighted by atomic mass is 10.1. The van der Waals surface area contributed by atoms with Crippen molar-refractivity contribution >= 4 is 21.9 Å². The van der Waals surface area contributed by atoms with Crippen LogP contribution in [0.25, 0.3) is 0 Å². The quantitative estimate of drug-likeness (QED) is 0.798. The van der Waals surface area contributed by atoms with Gasteiger partial charge < -0.3 is 9.26 Å². The second-order valence-electron chi connectivity index (χ2n) is 3.57. The topological polar surface area (TPSA) is 52.3 Å². The molecule has 2 rings (SSSR count). The largest absolute Gasteiger partial charge is 0.387 e. The zero-order chi connectivity index (χ0) is 12.4. The molecule has 0 atom stereocenters. The van der Waals surface area contributed by atoms with Gasteiger partial charge in [-0.05, 0) is 41.4 Å². The lowest BCUT2D eigenvalue weighted by Gasteiger charge is -2.03. The molecular weight excluding hydrogens is 286 g/mol. The molecule has 0 bridgehead atoms. The Morgan fingerprint density at radius 1 is 1.35 bits per heavy atom. The summed E-state index contributed by atoms with van der Waals surface area (Å²) in [6, 6.07) is 7.19. The lowest BCUT2D eigenvalue weighted by molar-refractivity contribution is 0.0677. The van der Waals surface area contributed by atoms with Gasteiger partial charge >= 0.3 is 11.9 Å². The van der Waals surface area contributed by atoms with Gasteiger partial charge in [-0.1, -0.05) is 23.4 Å². The van der Waals surface area contributed by atoms with Crippen LogP contribution < -0.4 is 4.74 Å². The van der Waals surface area contributed by atoms with Crippen molar-refractivity contribution in [1.29, 1.82) is 0 Å². The molecule has 0 saturated carbocycles. The van der Waals surface area contributed by atoms with Crippen LogP contribution in [-0.4, -0.2) is 11.1 Å². The summed E-state index contributed by atoms with van der Waals surface area (Å²) in [6.07, 6.45) is 0. The van der Waals surface area contributed by atoms with Crippen LogP contribution in [0.1, 0.15) is 21.6 Å². The Labute approximate surface area is 107 Å². The fraction of sp³-hybridized carbons (Fsp3) is 0.167. The first-order chi connectivity index (χ1) is 8.09. The highest BCUT2D eigenvalue weighted by Gasteiger charge is 2.17. The summed E-state index contributed by atoms with van der Waals surface area (Å²) in [7, 11) is 0. The minimum Gasteiger partial charge on any atom is -0.387 e. The van der Waals surface area contributed by atoms with Crippen LogP contribution in [0.5, 0.6) is 5.95 Å². The van der Waals surface area contributed by atoms with Crippen molar-refractivity contribution in [3.8, 4) is 5.95 Å². The van der Waals surface area contributed by atoms with Crippen molar-refractivity contribution in [2.24, 2.45) is 0 Å². The Hall–Kier alpha value is -1.62. The maximum atomic E-state index is 11.9. The molecular formula is C12H10BrNO3. The molecule has 0 aliphatic carbocycles. The number of aromatic nitrogens is 1. The molecule has 0 radical (unpaired) electrons. The summed E-state index contributed by atoms with van der Waals surface area (Å²) < 4.78 is 10.6. The van der Waals surface area contributed by atoms with Crippen LogP contribution in [0.4, 0.5) is 0 Å². The summed E-state index contributed by atoms with van der Waals surface area (Å²) in [5.74, 6) is -0.379. The molecule has 1 aromatic heterocycles. The molecule has 1 heterocycles. The van der Waals surface area contributed by atoms with Crippen LogP contribution in [0.3, 0.4) is 0 Å². The maximum Gasteiger partial charge on any atom is 0.346 e. The van der Waals surface area contributed by atoms with E-state index in [0.29, 0.717) is 15.7 Å². The van der Waals surface area contributed by atoms with E-state index in [4.69, 9.17) is 9.26 Å². The van der Waals surface area contributed by atoms with Gasteiger partial charge in [0.25, 0.3) is 0 Å². The molecule has 2 aromatic rings. The number of hydrogen-bond donors (Lipinski definition) is 0. The molecule has 88 valence electrons. The van der Waals surface area contributed by atoms with Gasteiger partial charge in [0.05, 0.1) is 11.3 Å². The molecule has 0 aliphatic heterocycles. The smallest absolute Gasteiger partial charge is 0.346 e. The number of nitrogens with zero attached hydrogens (tertiary/aromatic N) is 1. The molecule has 0 fully saturated rings. The van der Waals surface area contributed by atoms with Crippen molar-refractivity contribution in [1.82, 2.24) is 5.16 Å². The Bertz CT molecular complexity index is 563. The van der Waals surface area contributed by atoms with Crippen LogP contribution in [0.2, 0.25) is 0 Å². The third-order valence-corrected chi connectivity index (χ3v) is 3.21. The van der Waals surface area contributed by atoms with Gasteiger partial charge in [-0.15, -0.1) is 0 Å². The van der Waals surface area contributed by atoms with Crippen molar-refractivity contribution in [3.05, 3.63) is 45.6 Å². The third kappa shape index (κ3) is 2.39. The molecule has 4 nitrogen and oxygen atoms in total. The van der Waals surface area contributed by atoms with E-state index in [1.54, 1.807) is 19.1 Å². The van der Waals surface area contributed by atoms with E-state index in [1.165, 1.54) is 0 Å². The average molecular weight is 296 g/mol. The zero-order valence-electron chi connectivity index (χ0n) is 9.36.